The van der Waals surface area contributed by atoms with Crippen molar-refractivity contribution in [3.8, 4) is 0 Å². The van der Waals surface area contributed by atoms with Crippen LogP contribution in [0, 0.1) is 5.82 Å². The van der Waals surface area contributed by atoms with Gasteiger partial charge in [-0.15, -0.1) is 0 Å². The Balaban J connectivity index is 0.000000321. The van der Waals surface area contributed by atoms with Gasteiger partial charge >= 0.3 is 0 Å². The Kier molecular flexibility index (Phi) is 12.0. The van der Waals surface area contributed by atoms with Crippen LogP contribution in [0.5, 0.6) is 0 Å². The van der Waals surface area contributed by atoms with Gasteiger partial charge in [-0.1, -0.05) is 77.8 Å². The minimum Gasteiger partial charge on any atom is -0.207 e. The molecule has 0 aliphatic rings. The first kappa shape index (κ1) is 17.2. The topological polar surface area (TPSA) is 0 Å². The summed E-state index contributed by atoms with van der Waals surface area (Å²) < 4.78 is 12.2. The van der Waals surface area contributed by atoms with Crippen molar-refractivity contribution in [1.82, 2.24) is 0 Å². The molecular formula is C17H29F. The number of unbranched alkanes of at least 4 members (excludes halogenated alkanes) is 6. The van der Waals surface area contributed by atoms with Crippen molar-refractivity contribution in [2.45, 2.75) is 72.1 Å². The third-order valence-electron chi connectivity index (χ3n) is 3.03. The summed E-state index contributed by atoms with van der Waals surface area (Å²) in [6, 6.07) is 6.57. The molecule has 0 spiro atoms. The highest BCUT2D eigenvalue weighted by molar-refractivity contribution is 5.15. The van der Waals surface area contributed by atoms with Gasteiger partial charge < -0.3 is 0 Å². The highest BCUT2D eigenvalue weighted by Gasteiger charge is 1.87. The molecule has 18 heavy (non-hydrogen) atoms. The van der Waals surface area contributed by atoms with E-state index in [-0.39, 0.29) is 5.82 Å². The van der Waals surface area contributed by atoms with E-state index in [1.807, 2.05) is 6.92 Å². The summed E-state index contributed by atoms with van der Waals surface area (Å²) >= 11 is 0. The molecule has 0 atom stereocenters. The molecule has 0 radical (unpaired) electrons. The van der Waals surface area contributed by atoms with E-state index in [1.54, 1.807) is 12.1 Å². The van der Waals surface area contributed by atoms with Crippen molar-refractivity contribution >= 4 is 0 Å². The summed E-state index contributed by atoms with van der Waals surface area (Å²) in [5, 5.41) is 0. The fourth-order valence-electron chi connectivity index (χ4n) is 1.75. The number of aryl methyl sites for hydroxylation is 1. The molecule has 104 valence electrons. The molecule has 1 heteroatoms. The maximum atomic E-state index is 12.2. The van der Waals surface area contributed by atoms with Gasteiger partial charge in [0.25, 0.3) is 0 Å². The number of hydrogen-bond donors (Lipinski definition) is 0. The van der Waals surface area contributed by atoms with E-state index in [4.69, 9.17) is 0 Å². The van der Waals surface area contributed by atoms with Crippen LogP contribution >= 0.6 is 0 Å². The fraction of sp³-hybridized carbons (Fsp3) is 0.647. The average Bonchev–Trinajstić information content (AvgIpc) is 2.40. The molecule has 0 aromatic heterocycles. The van der Waals surface area contributed by atoms with E-state index in [2.05, 4.69) is 13.8 Å². The van der Waals surface area contributed by atoms with Crippen molar-refractivity contribution in [1.29, 1.82) is 0 Å². The van der Waals surface area contributed by atoms with E-state index in [9.17, 15) is 4.39 Å². The number of benzene rings is 1. The second-order valence-electron chi connectivity index (χ2n) is 4.75. The lowest BCUT2D eigenvalue weighted by molar-refractivity contribution is 0.602. The van der Waals surface area contributed by atoms with E-state index >= 15 is 0 Å². The van der Waals surface area contributed by atoms with Crippen LogP contribution in [0.2, 0.25) is 0 Å². The van der Waals surface area contributed by atoms with Gasteiger partial charge in [-0.05, 0) is 24.1 Å². The molecule has 1 aromatic rings. The zero-order valence-corrected chi connectivity index (χ0v) is 12.3. The predicted octanol–water partition coefficient (Wildman–Crippen LogP) is 6.15. The van der Waals surface area contributed by atoms with Crippen molar-refractivity contribution in [3.63, 3.8) is 0 Å². The molecule has 1 aromatic carbocycles. The molecule has 0 aliphatic heterocycles. The molecule has 0 fully saturated rings. The Morgan fingerprint density at radius 3 is 1.56 bits per heavy atom. The normalized spacial score (nSPS) is 9.78. The SMILES string of the molecule is CCCCCCCCC.CCc1ccc(F)cc1. The van der Waals surface area contributed by atoms with E-state index in [0.29, 0.717) is 0 Å². The average molecular weight is 252 g/mol. The smallest absolute Gasteiger partial charge is 0.123 e. The zero-order chi connectivity index (χ0) is 13.6. The van der Waals surface area contributed by atoms with Crippen molar-refractivity contribution in [3.05, 3.63) is 35.6 Å². The molecule has 0 aliphatic carbocycles. The third kappa shape index (κ3) is 10.3. The second-order valence-corrected chi connectivity index (χ2v) is 4.75. The van der Waals surface area contributed by atoms with Crippen molar-refractivity contribution in [2.75, 3.05) is 0 Å². The standard InChI is InChI=1S/C9H20.C8H9F/c1-3-5-7-9-8-6-4-2;1-2-7-3-5-8(9)6-4-7/h3-9H2,1-2H3;3-6H,2H2,1H3. The molecular weight excluding hydrogens is 223 g/mol. The largest absolute Gasteiger partial charge is 0.207 e. The molecule has 0 N–H and O–H groups in total. The quantitative estimate of drug-likeness (QED) is 0.511. The summed E-state index contributed by atoms with van der Waals surface area (Å²) in [7, 11) is 0. The van der Waals surface area contributed by atoms with Crippen molar-refractivity contribution in [2.24, 2.45) is 0 Å². The van der Waals surface area contributed by atoms with Crippen LogP contribution in [0.15, 0.2) is 24.3 Å². The van der Waals surface area contributed by atoms with Crippen molar-refractivity contribution < 1.29 is 4.39 Å². The first-order valence-electron chi connectivity index (χ1n) is 7.49. The predicted molar refractivity (Wildman–Crippen MR) is 79.4 cm³/mol. The Bertz CT molecular complexity index is 257. The Morgan fingerprint density at radius 1 is 0.722 bits per heavy atom. The molecule has 1 rings (SSSR count). The monoisotopic (exact) mass is 252 g/mol. The molecule has 0 nitrogen and oxygen atoms in total. The van der Waals surface area contributed by atoms with Crippen LogP contribution in [-0.4, -0.2) is 0 Å². The maximum absolute atomic E-state index is 12.2. The summed E-state index contributed by atoms with van der Waals surface area (Å²) in [5.74, 6) is -0.160. The van der Waals surface area contributed by atoms with E-state index in [0.717, 1.165) is 6.42 Å². The maximum Gasteiger partial charge on any atom is 0.123 e. The Hall–Kier alpha value is -0.850. The van der Waals surface area contributed by atoms with Gasteiger partial charge in [-0.2, -0.15) is 0 Å². The highest BCUT2D eigenvalue weighted by atomic mass is 19.1. The molecule has 0 unspecified atom stereocenters. The second kappa shape index (κ2) is 12.6. The fourth-order valence-corrected chi connectivity index (χ4v) is 1.75. The molecule has 0 saturated heterocycles. The lowest BCUT2D eigenvalue weighted by Gasteiger charge is -1.96. The van der Waals surface area contributed by atoms with Gasteiger partial charge in [-0.3, -0.25) is 0 Å². The van der Waals surface area contributed by atoms with Crippen LogP contribution in [0.25, 0.3) is 0 Å². The molecule has 0 heterocycles. The van der Waals surface area contributed by atoms with Gasteiger partial charge in [-0.25, -0.2) is 4.39 Å². The number of halogens is 1. The van der Waals surface area contributed by atoms with Gasteiger partial charge in [0.1, 0.15) is 5.82 Å². The zero-order valence-electron chi connectivity index (χ0n) is 12.3. The van der Waals surface area contributed by atoms with Crippen LogP contribution < -0.4 is 0 Å². The molecule has 0 bridgehead atoms. The van der Waals surface area contributed by atoms with Gasteiger partial charge in [0.15, 0.2) is 0 Å². The van der Waals surface area contributed by atoms with Crippen LogP contribution in [0.3, 0.4) is 0 Å². The van der Waals surface area contributed by atoms with Crippen LogP contribution in [0.1, 0.15) is 71.3 Å². The summed E-state index contributed by atoms with van der Waals surface area (Å²) in [6.07, 6.45) is 10.9. The first-order chi connectivity index (χ1) is 8.74. The summed E-state index contributed by atoms with van der Waals surface area (Å²) in [6.45, 7) is 6.58. The highest BCUT2D eigenvalue weighted by Crippen LogP contribution is 2.05. The van der Waals surface area contributed by atoms with Gasteiger partial charge in [0, 0.05) is 0 Å². The lowest BCUT2D eigenvalue weighted by Crippen LogP contribution is -1.78. The lowest BCUT2D eigenvalue weighted by atomic mass is 10.1. The minimum atomic E-state index is -0.160. The summed E-state index contributed by atoms with van der Waals surface area (Å²) in [4.78, 5) is 0. The minimum absolute atomic E-state index is 0.160. The third-order valence-corrected chi connectivity index (χ3v) is 3.03. The Morgan fingerprint density at radius 2 is 1.17 bits per heavy atom. The van der Waals surface area contributed by atoms with E-state index < -0.39 is 0 Å². The molecule has 0 amide bonds. The number of rotatable bonds is 7. The van der Waals surface area contributed by atoms with Gasteiger partial charge in [0.2, 0.25) is 0 Å². The molecule has 0 saturated carbocycles. The van der Waals surface area contributed by atoms with E-state index in [1.165, 1.54) is 62.6 Å². The summed E-state index contributed by atoms with van der Waals surface area (Å²) in [5.41, 5.74) is 1.18. The van der Waals surface area contributed by atoms with Crippen LogP contribution in [0.4, 0.5) is 4.39 Å². The number of hydrogen-bond acceptors (Lipinski definition) is 0. The van der Waals surface area contributed by atoms with Crippen LogP contribution in [-0.2, 0) is 6.42 Å². The first-order valence-corrected chi connectivity index (χ1v) is 7.49. The Labute approximate surface area is 113 Å². The van der Waals surface area contributed by atoms with Gasteiger partial charge in [0.05, 0.1) is 0 Å².